The van der Waals surface area contributed by atoms with Crippen molar-refractivity contribution in [3.05, 3.63) is 59.7 Å². The van der Waals surface area contributed by atoms with Gasteiger partial charge in [0.15, 0.2) is 0 Å². The average molecular weight is 226 g/mol. The normalized spacial score (nSPS) is 10.6. The molecular formula is C15H14O2. The second kappa shape index (κ2) is 5.21. The molecule has 2 rings (SSSR count). The molecule has 0 radical (unpaired) electrons. The maximum Gasteiger partial charge on any atom is 0.126 e. The molecule has 0 saturated heterocycles. The average Bonchev–Trinajstić information content (AvgIpc) is 2.38. The summed E-state index contributed by atoms with van der Waals surface area (Å²) in [7, 11) is 1.65. The molecular weight excluding hydrogens is 212 g/mol. The van der Waals surface area contributed by atoms with Crippen LogP contribution in [0.1, 0.15) is 11.1 Å². The van der Waals surface area contributed by atoms with Crippen molar-refractivity contribution in [3.8, 4) is 11.5 Å². The van der Waals surface area contributed by atoms with Crippen LogP contribution in [0.25, 0.3) is 12.2 Å². The summed E-state index contributed by atoms with van der Waals surface area (Å²) in [6, 6.07) is 15.0. The Hall–Kier alpha value is -2.22. The van der Waals surface area contributed by atoms with E-state index in [4.69, 9.17) is 4.74 Å². The van der Waals surface area contributed by atoms with Crippen LogP contribution < -0.4 is 4.74 Å². The lowest BCUT2D eigenvalue weighted by molar-refractivity contribution is 0.414. The Kier molecular flexibility index (Phi) is 3.46. The molecule has 0 unspecified atom stereocenters. The van der Waals surface area contributed by atoms with Gasteiger partial charge in [-0.15, -0.1) is 0 Å². The minimum Gasteiger partial charge on any atom is -0.507 e. The van der Waals surface area contributed by atoms with Gasteiger partial charge in [0.05, 0.1) is 7.11 Å². The zero-order chi connectivity index (χ0) is 12.1. The van der Waals surface area contributed by atoms with Crippen LogP contribution in [0, 0.1) is 0 Å². The van der Waals surface area contributed by atoms with Crippen molar-refractivity contribution in [2.75, 3.05) is 7.11 Å². The number of aromatic hydroxyl groups is 1. The van der Waals surface area contributed by atoms with E-state index in [1.807, 2.05) is 48.6 Å². The summed E-state index contributed by atoms with van der Waals surface area (Å²) in [6.07, 6.45) is 3.79. The van der Waals surface area contributed by atoms with Gasteiger partial charge in [-0.25, -0.2) is 0 Å². The molecule has 2 aromatic carbocycles. The number of para-hydroxylation sites is 2. The Labute approximate surface area is 101 Å². The summed E-state index contributed by atoms with van der Waals surface area (Å²) in [6.45, 7) is 0. The fraction of sp³-hybridized carbons (Fsp3) is 0.0667. The lowest BCUT2D eigenvalue weighted by Gasteiger charge is -2.03. The number of ether oxygens (including phenoxy) is 1. The molecule has 0 atom stereocenters. The standard InChI is InChI=1S/C15H14O2/c1-17-15-9-5-3-7-13(15)11-10-12-6-2-4-8-14(12)16/h2-11,16H,1H3. The van der Waals surface area contributed by atoms with Crippen LogP contribution >= 0.6 is 0 Å². The summed E-state index contributed by atoms with van der Waals surface area (Å²) in [5.74, 6) is 1.10. The topological polar surface area (TPSA) is 29.5 Å². The van der Waals surface area contributed by atoms with E-state index in [1.54, 1.807) is 19.2 Å². The van der Waals surface area contributed by atoms with Crippen LogP contribution in [0.3, 0.4) is 0 Å². The Morgan fingerprint density at radius 2 is 1.47 bits per heavy atom. The van der Waals surface area contributed by atoms with Crippen molar-refractivity contribution < 1.29 is 9.84 Å². The van der Waals surface area contributed by atoms with E-state index in [-0.39, 0.29) is 5.75 Å². The number of phenols is 1. The molecule has 86 valence electrons. The predicted molar refractivity (Wildman–Crippen MR) is 70.0 cm³/mol. The summed E-state index contributed by atoms with van der Waals surface area (Å²) in [5, 5.41) is 9.63. The fourth-order valence-corrected chi connectivity index (χ4v) is 1.61. The van der Waals surface area contributed by atoms with E-state index in [0.29, 0.717) is 0 Å². The van der Waals surface area contributed by atoms with Gasteiger partial charge in [0.2, 0.25) is 0 Å². The zero-order valence-electron chi connectivity index (χ0n) is 9.63. The minimum absolute atomic E-state index is 0.277. The van der Waals surface area contributed by atoms with Gasteiger partial charge in [-0.05, 0) is 12.1 Å². The number of phenolic OH excluding ortho intramolecular Hbond substituents is 1. The number of rotatable bonds is 3. The lowest BCUT2D eigenvalue weighted by atomic mass is 10.1. The fourth-order valence-electron chi connectivity index (χ4n) is 1.61. The molecule has 0 saturated carbocycles. The van der Waals surface area contributed by atoms with Crippen LogP contribution in [-0.2, 0) is 0 Å². The van der Waals surface area contributed by atoms with Crippen molar-refractivity contribution in [2.24, 2.45) is 0 Å². The van der Waals surface area contributed by atoms with Crippen LogP contribution in [-0.4, -0.2) is 12.2 Å². The molecule has 0 aliphatic heterocycles. The third-order valence-corrected chi connectivity index (χ3v) is 2.52. The molecule has 0 spiro atoms. The first-order chi connectivity index (χ1) is 8.31. The SMILES string of the molecule is COc1ccccc1C=Cc1ccccc1O. The quantitative estimate of drug-likeness (QED) is 0.811. The molecule has 2 nitrogen and oxygen atoms in total. The Morgan fingerprint density at radius 3 is 2.18 bits per heavy atom. The Morgan fingerprint density at radius 1 is 0.882 bits per heavy atom. The first-order valence-electron chi connectivity index (χ1n) is 5.40. The number of hydrogen-bond donors (Lipinski definition) is 1. The Bertz CT molecular complexity index is 530. The smallest absolute Gasteiger partial charge is 0.126 e. The summed E-state index contributed by atoms with van der Waals surface area (Å²) < 4.78 is 5.25. The lowest BCUT2D eigenvalue weighted by Crippen LogP contribution is -1.85. The molecule has 0 aliphatic carbocycles. The maximum absolute atomic E-state index is 9.63. The molecule has 0 bridgehead atoms. The van der Waals surface area contributed by atoms with Gasteiger partial charge in [-0.3, -0.25) is 0 Å². The zero-order valence-corrected chi connectivity index (χ0v) is 9.63. The molecule has 2 heteroatoms. The van der Waals surface area contributed by atoms with Crippen molar-refractivity contribution in [3.63, 3.8) is 0 Å². The molecule has 2 aromatic rings. The van der Waals surface area contributed by atoms with Gasteiger partial charge in [0.25, 0.3) is 0 Å². The molecule has 17 heavy (non-hydrogen) atoms. The first-order valence-corrected chi connectivity index (χ1v) is 5.40. The minimum atomic E-state index is 0.277. The largest absolute Gasteiger partial charge is 0.507 e. The van der Waals surface area contributed by atoms with Crippen LogP contribution in [0.2, 0.25) is 0 Å². The molecule has 0 heterocycles. The van der Waals surface area contributed by atoms with Gasteiger partial charge in [-0.1, -0.05) is 48.6 Å². The summed E-state index contributed by atoms with van der Waals surface area (Å²) in [4.78, 5) is 0. The second-order valence-electron chi connectivity index (χ2n) is 3.63. The second-order valence-corrected chi connectivity index (χ2v) is 3.63. The van der Waals surface area contributed by atoms with Crippen LogP contribution in [0.5, 0.6) is 11.5 Å². The van der Waals surface area contributed by atoms with Gasteiger partial charge in [0.1, 0.15) is 11.5 Å². The van der Waals surface area contributed by atoms with Gasteiger partial charge in [0, 0.05) is 11.1 Å². The van der Waals surface area contributed by atoms with E-state index in [9.17, 15) is 5.11 Å². The third-order valence-electron chi connectivity index (χ3n) is 2.52. The van der Waals surface area contributed by atoms with Crippen molar-refractivity contribution in [1.82, 2.24) is 0 Å². The highest BCUT2D eigenvalue weighted by atomic mass is 16.5. The number of hydrogen-bond acceptors (Lipinski definition) is 2. The monoisotopic (exact) mass is 226 g/mol. The number of methoxy groups -OCH3 is 1. The van der Waals surface area contributed by atoms with Gasteiger partial charge in [-0.2, -0.15) is 0 Å². The summed E-state index contributed by atoms with van der Waals surface area (Å²) >= 11 is 0. The van der Waals surface area contributed by atoms with E-state index in [0.717, 1.165) is 16.9 Å². The van der Waals surface area contributed by atoms with E-state index in [1.165, 1.54) is 0 Å². The van der Waals surface area contributed by atoms with Crippen LogP contribution in [0.4, 0.5) is 0 Å². The molecule has 0 aromatic heterocycles. The molecule has 0 aliphatic rings. The van der Waals surface area contributed by atoms with Crippen LogP contribution in [0.15, 0.2) is 48.5 Å². The number of benzene rings is 2. The van der Waals surface area contributed by atoms with E-state index in [2.05, 4.69) is 0 Å². The highest BCUT2D eigenvalue weighted by Gasteiger charge is 1.98. The highest BCUT2D eigenvalue weighted by molar-refractivity contribution is 5.74. The van der Waals surface area contributed by atoms with Gasteiger partial charge < -0.3 is 9.84 Å². The summed E-state index contributed by atoms with van der Waals surface area (Å²) in [5.41, 5.74) is 1.77. The third kappa shape index (κ3) is 2.67. The van der Waals surface area contributed by atoms with E-state index < -0.39 is 0 Å². The van der Waals surface area contributed by atoms with Gasteiger partial charge >= 0.3 is 0 Å². The van der Waals surface area contributed by atoms with Crippen molar-refractivity contribution in [2.45, 2.75) is 0 Å². The van der Waals surface area contributed by atoms with E-state index >= 15 is 0 Å². The van der Waals surface area contributed by atoms with Crippen molar-refractivity contribution >= 4 is 12.2 Å². The Balaban J connectivity index is 2.29. The molecule has 1 N–H and O–H groups in total. The predicted octanol–water partition coefficient (Wildman–Crippen LogP) is 3.57. The maximum atomic E-state index is 9.63. The first kappa shape index (κ1) is 11.3. The molecule has 0 fully saturated rings. The highest BCUT2D eigenvalue weighted by Crippen LogP contribution is 2.22. The van der Waals surface area contributed by atoms with Crippen molar-refractivity contribution in [1.29, 1.82) is 0 Å². The molecule has 0 amide bonds.